The van der Waals surface area contributed by atoms with Crippen molar-refractivity contribution in [3.8, 4) is 0 Å². The number of hydrogen-bond donors (Lipinski definition) is 2. The van der Waals surface area contributed by atoms with Crippen LogP contribution in [0.3, 0.4) is 0 Å². The largest absolute Gasteiger partial charge is 0.330 e. The molecule has 2 N–H and O–H groups in total. The maximum absolute atomic E-state index is 13.5. The lowest BCUT2D eigenvalue weighted by molar-refractivity contribution is -0.980. The Morgan fingerprint density at radius 1 is 0.867 bits per heavy atom. The van der Waals surface area contributed by atoms with Gasteiger partial charge in [0.15, 0.2) is 15.9 Å². The molecule has 2 aromatic rings. The zero-order valence-electron chi connectivity index (χ0n) is 18.6. The molecule has 2 saturated heterocycles. The maximum atomic E-state index is 13.5. The van der Waals surface area contributed by atoms with Crippen molar-refractivity contribution >= 4 is 20.6 Å². The third-order valence-electron chi connectivity index (χ3n) is 7.51. The Balaban J connectivity index is 1.54. The smallest absolute Gasteiger partial charge is 0.184 e. The van der Waals surface area contributed by atoms with Crippen LogP contribution < -0.4 is 9.80 Å². The van der Waals surface area contributed by atoms with Crippen LogP contribution in [0.5, 0.6) is 0 Å². The van der Waals surface area contributed by atoms with E-state index < -0.39 is 9.84 Å². The van der Waals surface area contributed by atoms with Crippen molar-refractivity contribution in [2.45, 2.75) is 50.5 Å². The van der Waals surface area contributed by atoms with E-state index in [9.17, 15) is 8.42 Å². The Hall–Kier alpha value is -1.43. The number of benzene rings is 2. The van der Waals surface area contributed by atoms with Crippen LogP contribution >= 0.6 is 0 Å². The average molecular weight is 431 g/mol. The highest BCUT2D eigenvalue weighted by atomic mass is 32.2. The first kappa shape index (κ1) is 21.8. The van der Waals surface area contributed by atoms with E-state index in [0.29, 0.717) is 4.90 Å². The Kier molecular flexibility index (Phi) is 6.81. The summed E-state index contributed by atoms with van der Waals surface area (Å²) in [6, 6.07) is 13.8. The van der Waals surface area contributed by atoms with Gasteiger partial charge in [-0.1, -0.05) is 44.2 Å². The van der Waals surface area contributed by atoms with Crippen LogP contribution in [0, 0.1) is 11.8 Å². The lowest BCUT2D eigenvalue weighted by atomic mass is 9.97. The highest BCUT2D eigenvalue weighted by Gasteiger charge is 2.35. The van der Waals surface area contributed by atoms with E-state index in [2.05, 4.69) is 13.8 Å². The summed E-state index contributed by atoms with van der Waals surface area (Å²) in [5, 5.41) is 2.10. The molecule has 0 amide bonds. The quantitative estimate of drug-likeness (QED) is 0.731. The summed E-state index contributed by atoms with van der Waals surface area (Å²) in [5.41, 5.74) is 0. The summed E-state index contributed by atoms with van der Waals surface area (Å²) in [7, 11) is -3.31. The van der Waals surface area contributed by atoms with Gasteiger partial charge in [-0.15, -0.1) is 0 Å². The molecule has 4 rings (SSSR count). The number of rotatable bonds is 6. The zero-order valence-corrected chi connectivity index (χ0v) is 19.4. The van der Waals surface area contributed by atoms with Crippen molar-refractivity contribution in [3.63, 3.8) is 0 Å². The zero-order chi connectivity index (χ0) is 21.1. The summed E-state index contributed by atoms with van der Waals surface area (Å²) < 4.78 is 26.9. The summed E-state index contributed by atoms with van der Waals surface area (Å²) in [6.45, 7) is 10.3. The molecule has 0 unspecified atom stereocenters. The second-order valence-electron chi connectivity index (χ2n) is 9.96. The van der Waals surface area contributed by atoms with Crippen LogP contribution in [0.2, 0.25) is 0 Å². The number of sulfone groups is 1. The average Bonchev–Trinajstić information content (AvgIpc) is 2.75. The van der Waals surface area contributed by atoms with Gasteiger partial charge in [0.25, 0.3) is 0 Å². The monoisotopic (exact) mass is 430 g/mol. The van der Waals surface area contributed by atoms with E-state index in [1.54, 1.807) is 11.0 Å². The minimum absolute atomic E-state index is 0.192. The fourth-order valence-electron chi connectivity index (χ4n) is 5.31. The van der Waals surface area contributed by atoms with Gasteiger partial charge < -0.3 is 9.80 Å². The van der Waals surface area contributed by atoms with Crippen molar-refractivity contribution in [2.75, 3.05) is 38.5 Å². The molecule has 2 fully saturated rings. The Labute approximate surface area is 182 Å². The lowest BCUT2D eigenvalue weighted by Crippen LogP contribution is -3.24. The number of quaternary nitrogens is 2. The first-order valence-corrected chi connectivity index (χ1v) is 13.5. The standard InChI is InChI=1S/C25H36N2O2S/c1-20-9-13-26(14-10-20)18-24(27-15-11-21(2)12-16-27)19-30(28,29)25-8-7-22-5-3-4-6-23(22)17-25/h3-8,17,20-21,24H,9-16,18-19H2,1-2H3/p+2/t24-/m1/s1. The normalized spacial score (nSPS) is 29.0. The predicted octanol–water partition coefficient (Wildman–Crippen LogP) is 1.61. The second-order valence-corrected chi connectivity index (χ2v) is 12.0. The minimum Gasteiger partial charge on any atom is -0.330 e. The van der Waals surface area contributed by atoms with Crippen LogP contribution in [0.15, 0.2) is 47.4 Å². The molecule has 0 radical (unpaired) electrons. The van der Waals surface area contributed by atoms with Crippen molar-refractivity contribution in [2.24, 2.45) is 11.8 Å². The third-order valence-corrected chi connectivity index (χ3v) is 9.32. The van der Waals surface area contributed by atoms with Crippen molar-refractivity contribution in [1.82, 2.24) is 0 Å². The van der Waals surface area contributed by atoms with Gasteiger partial charge in [0.2, 0.25) is 0 Å². The Morgan fingerprint density at radius 2 is 1.47 bits per heavy atom. The van der Waals surface area contributed by atoms with Gasteiger partial charge in [0.1, 0.15) is 12.3 Å². The number of fused-ring (bicyclic) bond motifs is 1. The molecule has 2 aromatic carbocycles. The van der Waals surface area contributed by atoms with Gasteiger partial charge in [-0.3, -0.25) is 0 Å². The summed E-state index contributed by atoms with van der Waals surface area (Å²) in [5.74, 6) is 1.86. The molecule has 0 saturated carbocycles. The molecule has 2 heterocycles. The maximum Gasteiger partial charge on any atom is 0.184 e. The molecule has 0 bridgehead atoms. The topological polar surface area (TPSA) is 43.0 Å². The van der Waals surface area contributed by atoms with Crippen molar-refractivity contribution in [1.29, 1.82) is 0 Å². The number of likely N-dealkylation sites (tertiary alicyclic amines) is 2. The van der Waals surface area contributed by atoms with Gasteiger partial charge in [-0.05, 0) is 60.4 Å². The van der Waals surface area contributed by atoms with Crippen LogP contribution in [-0.4, -0.2) is 52.9 Å². The van der Waals surface area contributed by atoms with Crippen molar-refractivity contribution in [3.05, 3.63) is 42.5 Å². The molecule has 2 aliphatic rings. The van der Waals surface area contributed by atoms with Crippen LogP contribution in [0.1, 0.15) is 39.5 Å². The minimum atomic E-state index is -3.31. The van der Waals surface area contributed by atoms with E-state index in [1.165, 1.54) is 43.7 Å². The van der Waals surface area contributed by atoms with E-state index in [4.69, 9.17) is 0 Å². The number of piperidine rings is 2. The first-order valence-electron chi connectivity index (χ1n) is 11.8. The molecule has 30 heavy (non-hydrogen) atoms. The van der Waals surface area contributed by atoms with Gasteiger partial charge >= 0.3 is 0 Å². The van der Waals surface area contributed by atoms with Crippen LogP contribution in [0.25, 0.3) is 10.8 Å². The van der Waals surface area contributed by atoms with Gasteiger partial charge in [0, 0.05) is 0 Å². The molecule has 2 aliphatic heterocycles. The molecule has 1 atom stereocenters. The second kappa shape index (κ2) is 9.37. The highest BCUT2D eigenvalue weighted by Crippen LogP contribution is 2.20. The molecular formula is C25H38N2O2S+2. The third kappa shape index (κ3) is 5.24. The van der Waals surface area contributed by atoms with E-state index in [-0.39, 0.29) is 11.8 Å². The fourth-order valence-corrected chi connectivity index (χ4v) is 6.96. The summed E-state index contributed by atoms with van der Waals surface area (Å²) in [4.78, 5) is 3.61. The van der Waals surface area contributed by atoms with Crippen LogP contribution in [0.4, 0.5) is 0 Å². The Bertz CT molecular complexity index is 943. The molecule has 0 spiro atoms. The molecule has 5 heteroatoms. The Morgan fingerprint density at radius 3 is 2.13 bits per heavy atom. The van der Waals surface area contributed by atoms with E-state index in [0.717, 1.165) is 42.2 Å². The molecule has 0 aromatic heterocycles. The predicted molar refractivity (Wildman–Crippen MR) is 123 cm³/mol. The summed E-state index contributed by atoms with van der Waals surface area (Å²) in [6.07, 6.45) is 4.97. The lowest BCUT2D eigenvalue weighted by Gasteiger charge is -2.36. The first-order chi connectivity index (χ1) is 14.4. The molecular weight excluding hydrogens is 392 g/mol. The van der Waals surface area contributed by atoms with E-state index >= 15 is 0 Å². The molecule has 0 aliphatic carbocycles. The van der Waals surface area contributed by atoms with Gasteiger partial charge in [-0.25, -0.2) is 8.42 Å². The van der Waals surface area contributed by atoms with Gasteiger partial charge in [-0.2, -0.15) is 0 Å². The van der Waals surface area contributed by atoms with Crippen molar-refractivity contribution < 1.29 is 18.2 Å². The fraction of sp³-hybridized carbons (Fsp3) is 0.600. The van der Waals surface area contributed by atoms with Crippen LogP contribution in [-0.2, 0) is 9.84 Å². The SMILES string of the molecule is CC1CC[NH+](C[C@H](CS(=O)(=O)c2ccc3ccccc3c2)[NH+]2CCC(C)CC2)CC1. The molecule has 4 nitrogen and oxygen atoms in total. The summed E-state index contributed by atoms with van der Waals surface area (Å²) >= 11 is 0. The number of nitrogens with one attached hydrogen (secondary N) is 2. The molecule has 164 valence electrons. The van der Waals surface area contributed by atoms with E-state index in [1.807, 2.05) is 36.4 Å². The van der Waals surface area contributed by atoms with Gasteiger partial charge in [0.05, 0.1) is 31.1 Å². The highest BCUT2D eigenvalue weighted by molar-refractivity contribution is 7.91. The number of hydrogen-bond acceptors (Lipinski definition) is 2.